The molecule has 4 nitrogen and oxygen atoms in total. The second-order valence-corrected chi connectivity index (χ2v) is 6.24. The Morgan fingerprint density at radius 2 is 2.04 bits per heavy atom. The van der Waals surface area contributed by atoms with Gasteiger partial charge in [0, 0.05) is 5.02 Å². The Hall–Kier alpha value is -1.65. The molecule has 0 bridgehead atoms. The molecule has 2 aromatic rings. The van der Waals surface area contributed by atoms with E-state index in [0.717, 1.165) is 30.4 Å². The minimum atomic E-state index is -0.928. The van der Waals surface area contributed by atoms with Crippen molar-refractivity contribution in [3.05, 3.63) is 53.1 Å². The zero-order valence-electron chi connectivity index (χ0n) is 13.7. The van der Waals surface area contributed by atoms with Crippen molar-refractivity contribution in [3.63, 3.8) is 0 Å². The van der Waals surface area contributed by atoms with Crippen LogP contribution in [0.2, 0.25) is 5.02 Å². The van der Waals surface area contributed by atoms with Gasteiger partial charge in [0.2, 0.25) is 0 Å². The lowest BCUT2D eigenvalue weighted by molar-refractivity contribution is 0.0494. The third-order valence-corrected chi connectivity index (χ3v) is 4.34. The van der Waals surface area contributed by atoms with Gasteiger partial charge >= 0.3 is 0 Å². The molecule has 1 unspecified atom stereocenters. The van der Waals surface area contributed by atoms with E-state index >= 15 is 0 Å². The van der Waals surface area contributed by atoms with Crippen LogP contribution in [0.3, 0.4) is 0 Å². The first-order chi connectivity index (χ1) is 11.1. The van der Waals surface area contributed by atoms with Crippen molar-refractivity contribution < 1.29 is 5.11 Å². The summed E-state index contributed by atoms with van der Waals surface area (Å²) < 4.78 is 1.69. The maximum absolute atomic E-state index is 11.2. The molecule has 0 aliphatic rings. The average Bonchev–Trinajstić information content (AvgIpc) is 3.05. The molecule has 5 heteroatoms. The molecule has 0 radical (unpaired) electrons. The van der Waals surface area contributed by atoms with E-state index in [0.29, 0.717) is 18.0 Å². The molecule has 1 heterocycles. The minimum absolute atomic E-state index is 0.409. The van der Waals surface area contributed by atoms with Crippen molar-refractivity contribution in [2.45, 2.75) is 51.7 Å². The Labute approximate surface area is 142 Å². The highest BCUT2D eigenvalue weighted by atomic mass is 35.5. The highest BCUT2D eigenvalue weighted by Crippen LogP contribution is 2.29. The van der Waals surface area contributed by atoms with Gasteiger partial charge in [-0.1, -0.05) is 50.1 Å². The number of benzene rings is 1. The smallest absolute Gasteiger partial charge is 0.137 e. The second kappa shape index (κ2) is 8.27. The molecule has 0 amide bonds. The maximum atomic E-state index is 11.2. The fourth-order valence-corrected chi connectivity index (χ4v) is 2.72. The third-order valence-electron chi connectivity index (χ3n) is 4.08. The van der Waals surface area contributed by atoms with Gasteiger partial charge in [0.05, 0.1) is 6.54 Å². The van der Waals surface area contributed by atoms with Crippen molar-refractivity contribution in [2.24, 2.45) is 0 Å². The molecule has 0 aliphatic carbocycles. The third kappa shape index (κ3) is 4.91. The first kappa shape index (κ1) is 17.7. The van der Waals surface area contributed by atoms with Gasteiger partial charge in [0.15, 0.2) is 0 Å². The van der Waals surface area contributed by atoms with E-state index < -0.39 is 5.60 Å². The normalized spacial score (nSPS) is 14.7. The van der Waals surface area contributed by atoms with Crippen LogP contribution in [0.15, 0.2) is 42.5 Å². The largest absolute Gasteiger partial charge is 0.384 e. The van der Waals surface area contributed by atoms with Gasteiger partial charge in [-0.25, -0.2) is 9.67 Å². The van der Waals surface area contributed by atoms with Crippen LogP contribution >= 0.6 is 11.6 Å². The molecule has 2 rings (SSSR count). The summed E-state index contributed by atoms with van der Waals surface area (Å²) >= 11 is 5.96. The van der Waals surface area contributed by atoms with E-state index in [4.69, 9.17) is 11.6 Å². The van der Waals surface area contributed by atoms with Gasteiger partial charge in [-0.2, -0.15) is 5.10 Å². The second-order valence-electron chi connectivity index (χ2n) is 5.80. The van der Waals surface area contributed by atoms with Crippen molar-refractivity contribution >= 4 is 17.7 Å². The predicted molar refractivity (Wildman–Crippen MR) is 94.2 cm³/mol. The lowest BCUT2D eigenvalue weighted by Crippen LogP contribution is -2.36. The number of aromatic nitrogens is 3. The number of rotatable bonds is 8. The Morgan fingerprint density at radius 1 is 1.30 bits per heavy atom. The van der Waals surface area contributed by atoms with Crippen LogP contribution in [0.1, 0.15) is 45.1 Å². The van der Waals surface area contributed by atoms with Crippen LogP contribution < -0.4 is 0 Å². The average molecular weight is 334 g/mol. The molecule has 0 saturated carbocycles. The summed E-state index contributed by atoms with van der Waals surface area (Å²) in [5.41, 5.74) is 1.15. The molecule has 1 aromatic heterocycles. The van der Waals surface area contributed by atoms with Gasteiger partial charge < -0.3 is 5.11 Å². The summed E-state index contributed by atoms with van der Waals surface area (Å²) in [4.78, 5) is 3.96. The van der Waals surface area contributed by atoms with Crippen molar-refractivity contribution in [2.75, 3.05) is 0 Å². The molecule has 1 atom stereocenters. The quantitative estimate of drug-likeness (QED) is 0.781. The summed E-state index contributed by atoms with van der Waals surface area (Å²) in [6.45, 7) is 4.56. The fraction of sp³-hybridized carbons (Fsp3) is 0.444. The highest BCUT2D eigenvalue weighted by Gasteiger charge is 2.30. The summed E-state index contributed by atoms with van der Waals surface area (Å²) in [5.74, 6) is 0. The molecule has 0 fully saturated rings. The number of aliphatic hydroxyl groups is 1. The molecule has 1 aromatic carbocycles. The molecule has 23 heavy (non-hydrogen) atoms. The van der Waals surface area contributed by atoms with Crippen LogP contribution in [0.25, 0.3) is 6.08 Å². The van der Waals surface area contributed by atoms with Crippen LogP contribution in [0, 0.1) is 0 Å². The zero-order valence-corrected chi connectivity index (χ0v) is 14.5. The van der Waals surface area contributed by atoms with E-state index in [2.05, 4.69) is 23.1 Å². The van der Waals surface area contributed by atoms with Gasteiger partial charge in [-0.05, 0) is 42.5 Å². The number of hydrogen-bond donors (Lipinski definition) is 1. The maximum Gasteiger partial charge on any atom is 0.137 e. The summed E-state index contributed by atoms with van der Waals surface area (Å²) in [6, 6.07) is 7.68. The monoisotopic (exact) mass is 333 g/mol. The van der Waals surface area contributed by atoms with Crippen LogP contribution in [0.5, 0.6) is 0 Å². The van der Waals surface area contributed by atoms with E-state index in [1.54, 1.807) is 11.0 Å². The van der Waals surface area contributed by atoms with Crippen LogP contribution in [-0.2, 0) is 6.54 Å². The minimum Gasteiger partial charge on any atom is -0.384 e. The molecule has 0 saturated heterocycles. The van der Waals surface area contributed by atoms with Crippen LogP contribution in [0.4, 0.5) is 0 Å². The number of hydrogen-bond acceptors (Lipinski definition) is 3. The Morgan fingerprint density at radius 3 is 2.61 bits per heavy atom. The predicted octanol–water partition coefficient (Wildman–Crippen LogP) is 4.35. The van der Waals surface area contributed by atoms with Crippen LogP contribution in [-0.4, -0.2) is 25.5 Å². The molecule has 124 valence electrons. The van der Waals surface area contributed by atoms with Gasteiger partial charge in [-0.3, -0.25) is 0 Å². The molecular weight excluding hydrogens is 310 g/mol. The Balaban J connectivity index is 2.31. The first-order valence-corrected chi connectivity index (χ1v) is 8.46. The molecule has 1 N–H and O–H groups in total. The molecular formula is C18H24ClN3O. The lowest BCUT2D eigenvalue weighted by atomic mass is 9.86. The number of unbranched alkanes of at least 4 members (excludes halogenated alkanes) is 1. The molecule has 0 spiro atoms. The van der Waals surface area contributed by atoms with Crippen molar-refractivity contribution in [1.82, 2.24) is 14.8 Å². The zero-order chi connectivity index (χ0) is 16.7. The number of halogens is 1. The Kier molecular flexibility index (Phi) is 6.37. The van der Waals surface area contributed by atoms with E-state index in [-0.39, 0.29) is 0 Å². The first-order valence-electron chi connectivity index (χ1n) is 8.09. The number of nitrogens with zero attached hydrogens (tertiary/aromatic N) is 3. The van der Waals surface area contributed by atoms with E-state index in [1.807, 2.05) is 31.2 Å². The Bertz CT molecular complexity index is 622. The van der Waals surface area contributed by atoms with Gasteiger partial charge in [0.1, 0.15) is 18.3 Å². The summed E-state index contributed by atoms with van der Waals surface area (Å²) in [6.07, 6.45) is 8.81. The van der Waals surface area contributed by atoms with Crippen molar-refractivity contribution in [3.8, 4) is 0 Å². The summed E-state index contributed by atoms with van der Waals surface area (Å²) in [5, 5.41) is 16.1. The van der Waals surface area contributed by atoms with Gasteiger partial charge in [0.25, 0.3) is 0 Å². The topological polar surface area (TPSA) is 50.9 Å². The standard InChI is InChI=1S/C18H24ClN3O/c1-3-5-6-16(11-15-7-9-17(19)10-8-15)18(23,4-2)12-22-14-20-13-21-22/h7-11,13-14,23H,3-6,12H2,1-2H3/b16-11+. The SMILES string of the molecule is CCCC/C(=C\c1ccc(Cl)cc1)C(O)(CC)Cn1cncn1. The lowest BCUT2D eigenvalue weighted by Gasteiger charge is -2.30. The van der Waals surface area contributed by atoms with Gasteiger partial charge in [-0.15, -0.1) is 0 Å². The highest BCUT2D eigenvalue weighted by molar-refractivity contribution is 6.30. The van der Waals surface area contributed by atoms with Crippen molar-refractivity contribution in [1.29, 1.82) is 0 Å². The summed E-state index contributed by atoms with van der Waals surface area (Å²) in [7, 11) is 0. The van der Waals surface area contributed by atoms with E-state index in [9.17, 15) is 5.11 Å². The molecule has 0 aliphatic heterocycles. The fourth-order valence-electron chi connectivity index (χ4n) is 2.59. The van der Waals surface area contributed by atoms with E-state index in [1.165, 1.54) is 6.33 Å².